The van der Waals surface area contributed by atoms with Gasteiger partial charge in [-0.2, -0.15) is 0 Å². The molecule has 4 heterocycles. The van der Waals surface area contributed by atoms with Crippen molar-refractivity contribution < 1.29 is 14.3 Å². The van der Waals surface area contributed by atoms with E-state index in [9.17, 15) is 4.79 Å². The molecule has 0 amide bonds. The van der Waals surface area contributed by atoms with Crippen LogP contribution in [0.1, 0.15) is 31.4 Å². The highest BCUT2D eigenvalue weighted by Gasteiger charge is 2.44. The van der Waals surface area contributed by atoms with Crippen molar-refractivity contribution in [3.8, 4) is 5.75 Å². The Labute approximate surface area is 160 Å². The zero-order valence-electron chi connectivity index (χ0n) is 15.9. The molecule has 3 saturated heterocycles. The second kappa shape index (κ2) is 7.31. The van der Waals surface area contributed by atoms with Crippen molar-refractivity contribution in [2.24, 2.45) is 11.8 Å². The number of hydrogen-bond acceptors (Lipinski definition) is 5. The fraction of sp³-hybridized carbons (Fsp3) is 0.455. The van der Waals surface area contributed by atoms with Gasteiger partial charge in [0.2, 0.25) is 0 Å². The monoisotopic (exact) mass is 366 g/mol. The molecule has 3 aliphatic heterocycles. The summed E-state index contributed by atoms with van der Waals surface area (Å²) in [5.74, 6) is 1.66. The van der Waals surface area contributed by atoms with Crippen LogP contribution < -0.4 is 4.74 Å². The molecule has 0 spiro atoms. The third-order valence-corrected chi connectivity index (χ3v) is 6.09. The first kappa shape index (κ1) is 18.0. The molecule has 5 rings (SSSR count). The second-order valence-electron chi connectivity index (χ2n) is 7.56. The molecular formula is C22H26N2O3. The summed E-state index contributed by atoms with van der Waals surface area (Å²) in [5, 5.41) is 0.978. The van der Waals surface area contributed by atoms with E-state index >= 15 is 0 Å². The van der Waals surface area contributed by atoms with Crippen LogP contribution in [0.5, 0.6) is 5.75 Å². The standard InChI is InChI=1S/C22H26N2O3/c1-4-15-13-24-10-8-16(15)11-21(24)22(27-14(2)25)18-7-9-23-20-6-5-17(26-3)12-19(18)20/h4-7,9,12,15-16,21-22H,1,8,10-11,13H2,2-3H3/t15?,16?,21-,22-/m1/s1. The van der Waals surface area contributed by atoms with E-state index in [1.807, 2.05) is 24.3 Å². The van der Waals surface area contributed by atoms with Crippen LogP contribution >= 0.6 is 0 Å². The maximum atomic E-state index is 12.0. The maximum Gasteiger partial charge on any atom is 0.303 e. The van der Waals surface area contributed by atoms with Gasteiger partial charge in [0.25, 0.3) is 0 Å². The number of rotatable bonds is 5. The van der Waals surface area contributed by atoms with Crippen LogP contribution in [0, 0.1) is 11.8 Å². The zero-order valence-corrected chi connectivity index (χ0v) is 15.9. The summed E-state index contributed by atoms with van der Waals surface area (Å²) in [6, 6.07) is 7.99. The summed E-state index contributed by atoms with van der Waals surface area (Å²) in [6.07, 6.45) is 5.77. The Morgan fingerprint density at radius 3 is 2.93 bits per heavy atom. The lowest BCUT2D eigenvalue weighted by Gasteiger charge is -2.51. The summed E-state index contributed by atoms with van der Waals surface area (Å²) in [5.41, 5.74) is 1.88. The van der Waals surface area contributed by atoms with Crippen LogP contribution in [0.4, 0.5) is 0 Å². The number of fused-ring (bicyclic) bond motifs is 4. The first-order valence-electron chi connectivity index (χ1n) is 9.57. The molecule has 0 N–H and O–H groups in total. The number of piperidine rings is 3. The molecule has 27 heavy (non-hydrogen) atoms. The number of ether oxygens (including phenoxy) is 2. The first-order chi connectivity index (χ1) is 13.1. The highest BCUT2D eigenvalue weighted by molar-refractivity contribution is 5.84. The number of nitrogens with zero attached hydrogens (tertiary/aromatic N) is 2. The molecule has 5 nitrogen and oxygen atoms in total. The van der Waals surface area contributed by atoms with Gasteiger partial charge in [-0.15, -0.1) is 6.58 Å². The smallest absolute Gasteiger partial charge is 0.303 e. The number of benzene rings is 1. The summed E-state index contributed by atoms with van der Waals surface area (Å²) >= 11 is 0. The van der Waals surface area contributed by atoms with E-state index in [2.05, 4.69) is 22.5 Å². The van der Waals surface area contributed by atoms with Gasteiger partial charge in [0.05, 0.1) is 18.7 Å². The van der Waals surface area contributed by atoms with Crippen LogP contribution in [0.25, 0.3) is 10.9 Å². The van der Waals surface area contributed by atoms with Crippen LogP contribution in [-0.4, -0.2) is 42.1 Å². The molecule has 2 bridgehead atoms. The molecule has 3 unspecified atom stereocenters. The largest absolute Gasteiger partial charge is 0.497 e. The number of esters is 1. The van der Waals surface area contributed by atoms with Gasteiger partial charge in [-0.3, -0.25) is 14.7 Å². The van der Waals surface area contributed by atoms with E-state index in [1.54, 1.807) is 13.3 Å². The highest BCUT2D eigenvalue weighted by atomic mass is 16.5. The maximum absolute atomic E-state index is 12.0. The third kappa shape index (κ3) is 3.32. The number of methoxy groups -OCH3 is 1. The summed E-state index contributed by atoms with van der Waals surface area (Å²) in [7, 11) is 1.65. The molecule has 3 fully saturated rings. The summed E-state index contributed by atoms with van der Waals surface area (Å²) in [4.78, 5) is 18.9. The predicted molar refractivity (Wildman–Crippen MR) is 105 cm³/mol. The lowest BCUT2D eigenvalue weighted by molar-refractivity contribution is -0.154. The lowest BCUT2D eigenvalue weighted by Crippen LogP contribution is -2.55. The van der Waals surface area contributed by atoms with Crippen molar-refractivity contribution >= 4 is 16.9 Å². The van der Waals surface area contributed by atoms with Gasteiger partial charge in [0.1, 0.15) is 11.9 Å². The van der Waals surface area contributed by atoms with Crippen molar-refractivity contribution in [3.05, 3.63) is 48.7 Å². The van der Waals surface area contributed by atoms with Gasteiger partial charge in [0, 0.05) is 30.6 Å². The van der Waals surface area contributed by atoms with Gasteiger partial charge in [-0.1, -0.05) is 6.08 Å². The lowest BCUT2D eigenvalue weighted by atomic mass is 9.73. The summed E-state index contributed by atoms with van der Waals surface area (Å²) < 4.78 is 11.3. The highest BCUT2D eigenvalue weighted by Crippen LogP contribution is 2.43. The topological polar surface area (TPSA) is 51.7 Å². The normalized spacial score (nSPS) is 27.9. The van der Waals surface area contributed by atoms with E-state index in [0.717, 1.165) is 41.7 Å². The molecule has 0 radical (unpaired) electrons. The van der Waals surface area contributed by atoms with E-state index in [4.69, 9.17) is 9.47 Å². The second-order valence-corrected chi connectivity index (χ2v) is 7.56. The van der Waals surface area contributed by atoms with Crippen molar-refractivity contribution in [2.75, 3.05) is 20.2 Å². The molecule has 5 atom stereocenters. The van der Waals surface area contributed by atoms with Crippen molar-refractivity contribution in [2.45, 2.75) is 31.9 Å². The molecule has 142 valence electrons. The average molecular weight is 366 g/mol. The Kier molecular flexibility index (Phi) is 4.87. The number of carbonyl (C=O) groups is 1. The van der Waals surface area contributed by atoms with Gasteiger partial charge < -0.3 is 9.47 Å². The van der Waals surface area contributed by atoms with Gasteiger partial charge in [-0.05, 0) is 55.5 Å². The Hall–Kier alpha value is -2.40. The van der Waals surface area contributed by atoms with Crippen LogP contribution in [0.2, 0.25) is 0 Å². The minimum atomic E-state index is -0.311. The Bertz CT molecular complexity index is 866. The van der Waals surface area contributed by atoms with Crippen LogP contribution in [0.15, 0.2) is 43.1 Å². The average Bonchev–Trinajstić information content (AvgIpc) is 2.71. The molecule has 1 aromatic heterocycles. The summed E-state index contributed by atoms with van der Waals surface area (Å²) in [6.45, 7) is 7.53. The Balaban J connectivity index is 1.76. The Morgan fingerprint density at radius 2 is 2.26 bits per heavy atom. The number of hydrogen-bond donors (Lipinski definition) is 0. The fourth-order valence-corrected chi connectivity index (χ4v) is 4.74. The van der Waals surface area contributed by atoms with Gasteiger partial charge >= 0.3 is 5.97 Å². The number of pyridine rings is 1. The first-order valence-corrected chi connectivity index (χ1v) is 9.57. The minimum absolute atomic E-state index is 0.181. The van der Waals surface area contributed by atoms with E-state index in [0.29, 0.717) is 11.8 Å². The third-order valence-electron chi connectivity index (χ3n) is 6.09. The van der Waals surface area contributed by atoms with Crippen molar-refractivity contribution in [1.82, 2.24) is 9.88 Å². The molecule has 2 aromatic rings. The predicted octanol–water partition coefficient (Wildman–Crippen LogP) is 3.74. The SMILES string of the molecule is C=CC1CN2CCC1C[C@@H]2[C@H](OC(C)=O)c1ccnc2ccc(OC)cc12. The molecular weight excluding hydrogens is 340 g/mol. The van der Waals surface area contributed by atoms with E-state index in [1.165, 1.54) is 13.3 Å². The van der Waals surface area contributed by atoms with Crippen LogP contribution in [-0.2, 0) is 9.53 Å². The fourth-order valence-electron chi connectivity index (χ4n) is 4.74. The van der Waals surface area contributed by atoms with Crippen molar-refractivity contribution in [3.63, 3.8) is 0 Å². The quantitative estimate of drug-likeness (QED) is 0.596. The molecule has 0 aliphatic carbocycles. The number of carbonyl (C=O) groups excluding carboxylic acids is 1. The minimum Gasteiger partial charge on any atom is -0.497 e. The van der Waals surface area contributed by atoms with E-state index < -0.39 is 0 Å². The Morgan fingerprint density at radius 1 is 1.41 bits per heavy atom. The van der Waals surface area contributed by atoms with E-state index in [-0.39, 0.29) is 18.1 Å². The molecule has 0 saturated carbocycles. The zero-order chi connectivity index (χ0) is 19.0. The van der Waals surface area contributed by atoms with Crippen molar-refractivity contribution in [1.29, 1.82) is 0 Å². The van der Waals surface area contributed by atoms with Gasteiger partial charge in [-0.25, -0.2) is 0 Å². The molecule has 1 aromatic carbocycles. The molecule has 5 heteroatoms. The van der Waals surface area contributed by atoms with Crippen LogP contribution in [0.3, 0.4) is 0 Å². The molecule has 3 aliphatic rings. The number of aromatic nitrogens is 1. The van der Waals surface area contributed by atoms with Gasteiger partial charge in [0.15, 0.2) is 0 Å².